The van der Waals surface area contributed by atoms with Gasteiger partial charge in [0.2, 0.25) is 11.8 Å². The zero-order valence-electron chi connectivity index (χ0n) is 21.1. The van der Waals surface area contributed by atoms with Crippen molar-refractivity contribution in [2.24, 2.45) is 11.8 Å². The maximum atomic E-state index is 14.1. The molecule has 192 valence electrons. The van der Waals surface area contributed by atoms with E-state index in [2.05, 4.69) is 20.4 Å². The van der Waals surface area contributed by atoms with Crippen molar-refractivity contribution < 1.29 is 24.2 Å². The summed E-state index contributed by atoms with van der Waals surface area (Å²) in [6, 6.07) is -0.564. The molecular weight excluding hydrogens is 452 g/mol. The normalized spacial score (nSPS) is 31.6. The third kappa shape index (κ3) is 4.77. The lowest BCUT2D eigenvalue weighted by Gasteiger charge is -2.37. The Morgan fingerprint density at radius 1 is 1.24 bits per heavy atom. The highest BCUT2D eigenvalue weighted by atomic mass is 32.2. The van der Waals surface area contributed by atoms with Gasteiger partial charge >= 0.3 is 5.97 Å². The average Bonchev–Trinajstić information content (AvgIpc) is 3.37. The smallest absolute Gasteiger partial charge is 0.311 e. The third-order valence-corrected chi connectivity index (χ3v) is 9.79. The lowest BCUT2D eigenvalue weighted by Crippen LogP contribution is -2.55. The van der Waals surface area contributed by atoms with E-state index in [1.807, 2.05) is 4.90 Å². The lowest BCUT2D eigenvalue weighted by molar-refractivity contribution is -0.155. The van der Waals surface area contributed by atoms with Crippen LogP contribution in [0.5, 0.6) is 0 Å². The lowest BCUT2D eigenvalue weighted by atomic mass is 9.66. The number of unbranched alkanes of at least 4 members (excludes halogenated alkanes) is 4. The molecule has 3 saturated heterocycles. The van der Waals surface area contributed by atoms with E-state index < -0.39 is 22.6 Å². The largest absolute Gasteiger partial charge is 0.466 e. The first-order valence-corrected chi connectivity index (χ1v) is 13.8. The monoisotopic (exact) mass is 494 g/mol. The molecule has 2 unspecified atom stereocenters. The number of fused-ring (bicyclic) bond motifs is 1. The zero-order chi connectivity index (χ0) is 24.9. The number of aliphatic hydroxyl groups is 1. The first-order chi connectivity index (χ1) is 16.3. The summed E-state index contributed by atoms with van der Waals surface area (Å²) in [6.07, 6.45) is 8.49. The van der Waals surface area contributed by atoms with Crippen LogP contribution in [0.25, 0.3) is 0 Å². The van der Waals surface area contributed by atoms with Crippen LogP contribution in [-0.4, -0.2) is 81.1 Å². The number of carbonyl (C=O) groups excluding carboxylic acids is 3. The molecule has 0 aromatic rings. The van der Waals surface area contributed by atoms with E-state index in [9.17, 15) is 14.4 Å². The standard InChI is InChI=1S/C26H42N2O5S/c1-5-8-16-27(15-6-2)23(31)21-26-14-13-25(4,34-26)20(24(32)33-7-3)19(26)22(30)28(21)17-11-9-10-12-18-29/h6,19-21,29H,2,5,7-18H2,1,3-4H3/t19-,20-,21?,25+,26?/m0/s1. The highest BCUT2D eigenvalue weighted by Crippen LogP contribution is 2.71. The van der Waals surface area contributed by atoms with E-state index in [0.29, 0.717) is 19.6 Å². The second-order valence-electron chi connectivity index (χ2n) is 10.1. The van der Waals surface area contributed by atoms with Gasteiger partial charge in [-0.2, -0.15) is 0 Å². The molecule has 2 bridgehead atoms. The summed E-state index contributed by atoms with van der Waals surface area (Å²) in [5.74, 6) is -1.41. The molecule has 3 heterocycles. The van der Waals surface area contributed by atoms with Gasteiger partial charge in [0.25, 0.3) is 0 Å². The maximum Gasteiger partial charge on any atom is 0.311 e. The quantitative estimate of drug-likeness (QED) is 0.226. The molecule has 0 aromatic carbocycles. The number of thioether (sulfide) groups is 1. The number of nitrogens with zero attached hydrogens (tertiary/aromatic N) is 2. The summed E-state index contributed by atoms with van der Waals surface area (Å²) < 4.78 is 4.47. The Balaban J connectivity index is 1.95. The van der Waals surface area contributed by atoms with Crippen LogP contribution in [0.3, 0.4) is 0 Å². The van der Waals surface area contributed by atoms with E-state index in [1.165, 1.54) is 0 Å². The summed E-state index contributed by atoms with van der Waals surface area (Å²) in [6.45, 7) is 11.9. The molecule has 0 aliphatic carbocycles. The Hall–Kier alpha value is -1.54. The summed E-state index contributed by atoms with van der Waals surface area (Å²) in [5.41, 5.74) is 0. The molecular formula is C26H42N2O5S. The minimum atomic E-state index is -0.586. The number of aliphatic hydroxyl groups excluding tert-OH is 1. The summed E-state index contributed by atoms with van der Waals surface area (Å²) in [5, 5.41) is 9.08. The average molecular weight is 495 g/mol. The maximum absolute atomic E-state index is 14.1. The second kappa shape index (κ2) is 11.5. The molecule has 1 spiro atoms. The van der Waals surface area contributed by atoms with Gasteiger partial charge < -0.3 is 19.6 Å². The topological polar surface area (TPSA) is 87.2 Å². The van der Waals surface area contributed by atoms with Gasteiger partial charge in [0.1, 0.15) is 6.04 Å². The van der Waals surface area contributed by atoms with Crippen LogP contribution in [0.2, 0.25) is 0 Å². The Labute approximate surface area is 208 Å². The molecule has 34 heavy (non-hydrogen) atoms. The fraction of sp³-hybridized carbons (Fsp3) is 0.808. The van der Waals surface area contributed by atoms with Crippen LogP contribution >= 0.6 is 11.8 Å². The first kappa shape index (κ1) is 27.1. The van der Waals surface area contributed by atoms with Gasteiger partial charge in [-0.15, -0.1) is 18.3 Å². The Bertz CT molecular complexity index is 776. The van der Waals surface area contributed by atoms with Crippen LogP contribution in [0.1, 0.15) is 72.1 Å². The fourth-order valence-corrected chi connectivity index (χ4v) is 8.59. The minimum absolute atomic E-state index is 0.0131. The van der Waals surface area contributed by atoms with Crippen molar-refractivity contribution in [2.75, 3.05) is 32.8 Å². The van der Waals surface area contributed by atoms with Gasteiger partial charge in [0.05, 0.1) is 23.2 Å². The molecule has 0 aromatic heterocycles. The van der Waals surface area contributed by atoms with E-state index in [0.717, 1.165) is 51.4 Å². The molecule has 8 heteroatoms. The van der Waals surface area contributed by atoms with Crippen LogP contribution in [0.4, 0.5) is 0 Å². The number of likely N-dealkylation sites (tertiary alicyclic amines) is 1. The molecule has 1 N–H and O–H groups in total. The van der Waals surface area contributed by atoms with E-state index in [-0.39, 0.29) is 35.7 Å². The molecule has 3 rings (SSSR count). The predicted octanol–water partition coefficient (Wildman–Crippen LogP) is 3.40. The van der Waals surface area contributed by atoms with Crippen LogP contribution in [0.15, 0.2) is 12.7 Å². The molecule has 3 aliphatic heterocycles. The van der Waals surface area contributed by atoms with Crippen molar-refractivity contribution in [3.8, 4) is 0 Å². The Morgan fingerprint density at radius 3 is 2.62 bits per heavy atom. The predicted molar refractivity (Wildman–Crippen MR) is 134 cm³/mol. The fourth-order valence-electron chi connectivity index (χ4n) is 6.25. The molecule has 5 atom stereocenters. The number of esters is 1. The van der Waals surface area contributed by atoms with Gasteiger partial charge in [-0.05, 0) is 46.0 Å². The van der Waals surface area contributed by atoms with E-state index >= 15 is 0 Å². The van der Waals surface area contributed by atoms with Crippen molar-refractivity contribution in [1.29, 1.82) is 0 Å². The van der Waals surface area contributed by atoms with Gasteiger partial charge in [-0.1, -0.05) is 32.3 Å². The van der Waals surface area contributed by atoms with Crippen LogP contribution < -0.4 is 0 Å². The molecule has 0 radical (unpaired) electrons. The zero-order valence-corrected chi connectivity index (χ0v) is 21.9. The number of ether oxygens (including phenoxy) is 1. The van der Waals surface area contributed by atoms with Crippen molar-refractivity contribution in [3.63, 3.8) is 0 Å². The highest BCUT2D eigenvalue weighted by Gasteiger charge is 2.77. The molecule has 3 aliphatic rings. The van der Waals surface area contributed by atoms with E-state index in [1.54, 1.807) is 29.7 Å². The van der Waals surface area contributed by atoms with Crippen molar-refractivity contribution in [3.05, 3.63) is 12.7 Å². The number of carbonyl (C=O) groups is 3. The summed E-state index contributed by atoms with van der Waals surface area (Å²) >= 11 is 1.70. The molecule has 0 saturated carbocycles. The highest BCUT2D eigenvalue weighted by molar-refractivity contribution is 8.02. The Morgan fingerprint density at radius 2 is 1.97 bits per heavy atom. The number of amides is 2. The van der Waals surface area contributed by atoms with Gasteiger partial charge in [0.15, 0.2) is 0 Å². The minimum Gasteiger partial charge on any atom is -0.466 e. The van der Waals surface area contributed by atoms with Gasteiger partial charge in [-0.3, -0.25) is 14.4 Å². The van der Waals surface area contributed by atoms with Crippen LogP contribution in [0, 0.1) is 11.8 Å². The second-order valence-corrected chi connectivity index (χ2v) is 12.0. The van der Waals surface area contributed by atoms with Crippen molar-refractivity contribution in [1.82, 2.24) is 9.80 Å². The third-order valence-electron chi connectivity index (χ3n) is 7.80. The molecule has 7 nitrogen and oxygen atoms in total. The summed E-state index contributed by atoms with van der Waals surface area (Å²) in [7, 11) is 0. The number of rotatable bonds is 14. The SMILES string of the molecule is C=CCN(CCCC)C(=O)C1N(CCCCCCO)C(=O)[C@@H]2[C@@H](C(=O)OCC)[C@@]3(C)CCC12S3. The van der Waals surface area contributed by atoms with Gasteiger partial charge in [-0.25, -0.2) is 0 Å². The Kier molecular flexibility index (Phi) is 9.12. The number of hydrogen-bond donors (Lipinski definition) is 1. The molecule has 2 amide bonds. The van der Waals surface area contributed by atoms with Crippen molar-refractivity contribution in [2.45, 2.75) is 87.7 Å². The van der Waals surface area contributed by atoms with Crippen molar-refractivity contribution >= 4 is 29.5 Å². The summed E-state index contributed by atoms with van der Waals surface area (Å²) in [4.78, 5) is 44.7. The van der Waals surface area contributed by atoms with Crippen LogP contribution in [-0.2, 0) is 19.1 Å². The first-order valence-electron chi connectivity index (χ1n) is 13.0. The number of hydrogen-bond acceptors (Lipinski definition) is 6. The van der Waals surface area contributed by atoms with E-state index in [4.69, 9.17) is 9.84 Å². The van der Waals surface area contributed by atoms with Gasteiger partial charge in [0, 0.05) is 31.0 Å². The molecule has 3 fully saturated rings.